The van der Waals surface area contributed by atoms with E-state index in [0.29, 0.717) is 18.4 Å². The van der Waals surface area contributed by atoms with Gasteiger partial charge in [-0.15, -0.1) is 0 Å². The number of H-pyrrole nitrogens is 1. The van der Waals surface area contributed by atoms with E-state index in [1.165, 1.54) is 0 Å². The molecule has 3 atom stereocenters. The maximum absolute atomic E-state index is 11.6. The molecule has 0 spiro atoms. The molecular formula is C11H13NO3. The molecule has 15 heavy (non-hydrogen) atoms. The molecule has 1 aromatic heterocycles. The van der Waals surface area contributed by atoms with Crippen molar-refractivity contribution in [2.75, 3.05) is 0 Å². The van der Waals surface area contributed by atoms with E-state index < -0.39 is 5.60 Å². The van der Waals surface area contributed by atoms with Crippen molar-refractivity contribution in [2.24, 2.45) is 0 Å². The van der Waals surface area contributed by atoms with Gasteiger partial charge in [0.1, 0.15) is 11.7 Å². The number of epoxide rings is 1. The minimum atomic E-state index is -0.966. The number of aromatic amines is 1. The van der Waals surface area contributed by atoms with Crippen LogP contribution in [0.4, 0.5) is 0 Å². The first-order chi connectivity index (χ1) is 7.16. The highest BCUT2D eigenvalue weighted by Crippen LogP contribution is 2.47. The van der Waals surface area contributed by atoms with E-state index in [4.69, 9.17) is 4.74 Å². The summed E-state index contributed by atoms with van der Waals surface area (Å²) in [6.07, 6.45) is 2.70. The van der Waals surface area contributed by atoms with Crippen molar-refractivity contribution in [3.8, 4) is 0 Å². The summed E-state index contributed by atoms with van der Waals surface area (Å²) in [7, 11) is 0. The fourth-order valence-corrected chi connectivity index (χ4v) is 2.58. The predicted octanol–water partition coefficient (Wildman–Crippen LogP) is 0.296. The third-order valence-electron chi connectivity index (χ3n) is 3.53. The highest BCUT2D eigenvalue weighted by atomic mass is 16.6. The van der Waals surface area contributed by atoms with Crippen LogP contribution in [0.5, 0.6) is 0 Å². The van der Waals surface area contributed by atoms with Crippen LogP contribution in [0.15, 0.2) is 17.1 Å². The van der Waals surface area contributed by atoms with Gasteiger partial charge in [-0.25, -0.2) is 0 Å². The second kappa shape index (κ2) is 2.71. The number of ether oxygens (including phenoxy) is 1. The Kier molecular flexibility index (Phi) is 1.65. The van der Waals surface area contributed by atoms with E-state index in [1.807, 2.05) is 6.92 Å². The molecule has 0 radical (unpaired) electrons. The number of pyridine rings is 1. The molecule has 4 heteroatoms. The summed E-state index contributed by atoms with van der Waals surface area (Å²) in [6, 6.07) is 1.79. The van der Waals surface area contributed by atoms with E-state index in [1.54, 1.807) is 12.3 Å². The van der Waals surface area contributed by atoms with Crippen molar-refractivity contribution >= 4 is 0 Å². The van der Waals surface area contributed by atoms with Crippen molar-refractivity contribution in [1.29, 1.82) is 0 Å². The average molecular weight is 207 g/mol. The minimum Gasteiger partial charge on any atom is -0.382 e. The van der Waals surface area contributed by atoms with Gasteiger partial charge in [-0.1, -0.05) is 6.92 Å². The predicted molar refractivity (Wildman–Crippen MR) is 53.6 cm³/mol. The number of aliphatic hydroxyl groups is 1. The molecule has 1 aliphatic carbocycles. The number of fused-ring (bicyclic) bond motifs is 2. The average Bonchev–Trinajstić information content (AvgIpc) is 3.00. The molecule has 0 aromatic carbocycles. The summed E-state index contributed by atoms with van der Waals surface area (Å²) in [5, 5.41) is 10.5. The van der Waals surface area contributed by atoms with Gasteiger partial charge in [-0.3, -0.25) is 4.79 Å². The van der Waals surface area contributed by atoms with E-state index in [9.17, 15) is 9.90 Å². The summed E-state index contributed by atoms with van der Waals surface area (Å²) < 4.78 is 5.42. The Morgan fingerprint density at radius 2 is 2.53 bits per heavy atom. The van der Waals surface area contributed by atoms with Crippen LogP contribution in [0.1, 0.15) is 24.5 Å². The van der Waals surface area contributed by atoms with Gasteiger partial charge in [0, 0.05) is 18.2 Å². The number of aromatic nitrogens is 1. The Morgan fingerprint density at radius 1 is 1.73 bits per heavy atom. The second-order valence-corrected chi connectivity index (χ2v) is 4.28. The van der Waals surface area contributed by atoms with Gasteiger partial charge in [0.25, 0.3) is 5.56 Å². The lowest BCUT2D eigenvalue weighted by atomic mass is 9.78. The maximum atomic E-state index is 11.6. The first-order valence-corrected chi connectivity index (χ1v) is 5.25. The third kappa shape index (κ3) is 1.06. The Balaban J connectivity index is 2.23. The molecule has 2 aliphatic rings. The van der Waals surface area contributed by atoms with Gasteiger partial charge in [-0.2, -0.15) is 0 Å². The number of hydrogen-bond donors (Lipinski definition) is 2. The lowest BCUT2D eigenvalue weighted by Crippen LogP contribution is -2.40. The molecule has 1 saturated heterocycles. The van der Waals surface area contributed by atoms with Crippen molar-refractivity contribution in [3.63, 3.8) is 0 Å². The van der Waals surface area contributed by atoms with Crippen LogP contribution < -0.4 is 5.56 Å². The van der Waals surface area contributed by atoms with Gasteiger partial charge >= 0.3 is 0 Å². The van der Waals surface area contributed by atoms with Crippen molar-refractivity contribution < 1.29 is 9.84 Å². The fourth-order valence-electron chi connectivity index (χ4n) is 2.58. The van der Waals surface area contributed by atoms with Crippen molar-refractivity contribution in [1.82, 2.24) is 4.98 Å². The number of hydrogen-bond acceptors (Lipinski definition) is 3. The SMILES string of the molecule is CCC1(O)c2cc[nH]c(=O)c2CC2OC21. The van der Waals surface area contributed by atoms with Crippen LogP contribution >= 0.6 is 0 Å². The first-order valence-electron chi connectivity index (χ1n) is 5.25. The van der Waals surface area contributed by atoms with E-state index >= 15 is 0 Å². The molecule has 1 fully saturated rings. The maximum Gasteiger partial charge on any atom is 0.251 e. The van der Waals surface area contributed by atoms with Crippen molar-refractivity contribution in [3.05, 3.63) is 33.7 Å². The summed E-state index contributed by atoms with van der Waals surface area (Å²) in [4.78, 5) is 14.2. The summed E-state index contributed by atoms with van der Waals surface area (Å²) in [6.45, 7) is 1.91. The lowest BCUT2D eigenvalue weighted by molar-refractivity contribution is 0.00159. The molecule has 2 N–H and O–H groups in total. The Morgan fingerprint density at radius 3 is 3.27 bits per heavy atom. The quantitative estimate of drug-likeness (QED) is 0.651. The largest absolute Gasteiger partial charge is 0.382 e. The van der Waals surface area contributed by atoms with Crippen LogP contribution in [-0.4, -0.2) is 22.3 Å². The van der Waals surface area contributed by atoms with E-state index in [0.717, 1.165) is 5.56 Å². The molecule has 0 saturated carbocycles. The molecule has 1 aromatic rings. The molecule has 4 nitrogen and oxygen atoms in total. The molecule has 80 valence electrons. The molecular weight excluding hydrogens is 194 g/mol. The van der Waals surface area contributed by atoms with Gasteiger partial charge in [-0.05, 0) is 18.1 Å². The second-order valence-electron chi connectivity index (χ2n) is 4.28. The summed E-state index contributed by atoms with van der Waals surface area (Å²) >= 11 is 0. The Labute approximate surface area is 86.9 Å². The minimum absolute atomic E-state index is 0.0333. The molecule has 0 amide bonds. The zero-order chi connectivity index (χ0) is 10.6. The summed E-state index contributed by atoms with van der Waals surface area (Å²) in [5.41, 5.74) is 0.355. The van der Waals surface area contributed by atoms with Crippen molar-refractivity contribution in [2.45, 2.75) is 37.6 Å². The summed E-state index contributed by atoms with van der Waals surface area (Å²) in [5.74, 6) is 0. The molecule has 3 unspecified atom stereocenters. The topological polar surface area (TPSA) is 65.6 Å². The smallest absolute Gasteiger partial charge is 0.251 e. The zero-order valence-corrected chi connectivity index (χ0v) is 8.49. The van der Waals surface area contributed by atoms with E-state index in [-0.39, 0.29) is 17.8 Å². The van der Waals surface area contributed by atoms with Gasteiger partial charge in [0.05, 0.1) is 6.10 Å². The highest BCUT2D eigenvalue weighted by Gasteiger charge is 2.58. The monoisotopic (exact) mass is 207 g/mol. The normalized spacial score (nSPS) is 36.9. The van der Waals surface area contributed by atoms with Gasteiger partial charge in [0.15, 0.2) is 0 Å². The highest BCUT2D eigenvalue weighted by molar-refractivity contribution is 5.37. The van der Waals surface area contributed by atoms with Crippen LogP contribution in [0, 0.1) is 0 Å². The van der Waals surface area contributed by atoms with Crippen LogP contribution in [0.3, 0.4) is 0 Å². The standard InChI is InChI=1S/C11H13NO3/c1-2-11(14)7-3-4-12-10(13)6(7)5-8-9(11)15-8/h3-4,8-9,14H,2,5H2,1H3,(H,12,13). The lowest BCUT2D eigenvalue weighted by Gasteiger charge is -2.30. The number of rotatable bonds is 1. The molecule has 3 rings (SSSR count). The number of nitrogens with one attached hydrogen (secondary N) is 1. The Hall–Kier alpha value is -1.13. The Bertz CT molecular complexity index is 467. The van der Waals surface area contributed by atoms with Crippen LogP contribution in [-0.2, 0) is 16.8 Å². The molecule has 1 aliphatic heterocycles. The fraction of sp³-hybridized carbons (Fsp3) is 0.545. The van der Waals surface area contributed by atoms with Gasteiger partial charge < -0.3 is 14.8 Å². The molecule has 2 heterocycles. The van der Waals surface area contributed by atoms with Gasteiger partial charge in [0.2, 0.25) is 0 Å². The van der Waals surface area contributed by atoms with E-state index in [2.05, 4.69) is 4.98 Å². The first kappa shape index (κ1) is 9.12. The van der Waals surface area contributed by atoms with Crippen LogP contribution in [0.2, 0.25) is 0 Å². The third-order valence-corrected chi connectivity index (χ3v) is 3.53. The molecule has 0 bridgehead atoms. The van der Waals surface area contributed by atoms with Crippen LogP contribution in [0.25, 0.3) is 0 Å². The zero-order valence-electron chi connectivity index (χ0n) is 8.49.